The van der Waals surface area contributed by atoms with E-state index in [4.69, 9.17) is 9.47 Å². The third-order valence-electron chi connectivity index (χ3n) is 4.21. The van der Waals surface area contributed by atoms with Gasteiger partial charge in [-0.2, -0.15) is 0 Å². The van der Waals surface area contributed by atoms with Crippen molar-refractivity contribution in [1.82, 2.24) is 9.55 Å². The molecule has 2 atom stereocenters. The molecule has 128 valence electrons. The van der Waals surface area contributed by atoms with Crippen LogP contribution in [0.15, 0.2) is 66.1 Å². The van der Waals surface area contributed by atoms with Gasteiger partial charge in [-0.1, -0.05) is 30.0 Å². The van der Waals surface area contributed by atoms with E-state index in [-0.39, 0.29) is 5.25 Å². The number of hydrogen-bond acceptors (Lipinski definition) is 5. The summed E-state index contributed by atoms with van der Waals surface area (Å²) in [6.07, 6.45) is 3.08. The topological polar surface area (TPSA) is 56.5 Å². The summed E-state index contributed by atoms with van der Waals surface area (Å²) in [5, 5.41) is 11.4. The van der Waals surface area contributed by atoms with Crippen molar-refractivity contribution in [3.05, 3.63) is 66.5 Å². The number of imidazole rings is 1. The zero-order valence-corrected chi connectivity index (χ0v) is 14.5. The van der Waals surface area contributed by atoms with Crippen molar-refractivity contribution in [1.29, 1.82) is 0 Å². The van der Waals surface area contributed by atoms with E-state index in [2.05, 4.69) is 4.98 Å². The third kappa shape index (κ3) is 3.10. The van der Waals surface area contributed by atoms with Crippen LogP contribution in [-0.2, 0) is 0 Å². The number of thioether (sulfide) groups is 1. The van der Waals surface area contributed by atoms with Gasteiger partial charge in [-0.3, -0.25) is 4.57 Å². The van der Waals surface area contributed by atoms with Crippen LogP contribution in [0.1, 0.15) is 11.7 Å². The fraction of sp³-hybridized carbons (Fsp3) is 0.211. The lowest BCUT2D eigenvalue weighted by Crippen LogP contribution is -2.28. The average Bonchev–Trinajstić information content (AvgIpc) is 3.12. The fourth-order valence-corrected chi connectivity index (χ4v) is 3.95. The van der Waals surface area contributed by atoms with Gasteiger partial charge in [0, 0.05) is 23.6 Å². The molecule has 4 rings (SSSR count). The largest absolute Gasteiger partial charge is 0.497 e. The van der Waals surface area contributed by atoms with Gasteiger partial charge >= 0.3 is 0 Å². The maximum Gasteiger partial charge on any atom is 0.173 e. The van der Waals surface area contributed by atoms with E-state index in [0.717, 1.165) is 27.9 Å². The zero-order chi connectivity index (χ0) is 17.2. The van der Waals surface area contributed by atoms with Crippen LogP contribution >= 0.6 is 11.8 Å². The van der Waals surface area contributed by atoms with E-state index in [1.54, 1.807) is 13.3 Å². The quantitative estimate of drug-likeness (QED) is 0.777. The standard InChI is InChI=1S/C19H18N2O3S/c1-23-14-8-6-13(7-9-14)21-11-10-20-19(21)25-17-12-24-16-5-3-2-4-15(16)18(17)22/h2-11,17-18,22H,12H2,1H3/t17-,18-/m1/s1. The number of benzene rings is 2. The Morgan fingerprint density at radius 3 is 2.80 bits per heavy atom. The highest BCUT2D eigenvalue weighted by Crippen LogP contribution is 2.39. The first-order valence-corrected chi connectivity index (χ1v) is 8.88. The highest BCUT2D eigenvalue weighted by atomic mass is 32.2. The number of methoxy groups -OCH3 is 1. The lowest BCUT2D eigenvalue weighted by atomic mass is 10.0. The highest BCUT2D eigenvalue weighted by Gasteiger charge is 2.31. The van der Waals surface area contributed by atoms with Crippen LogP contribution in [0.2, 0.25) is 0 Å². The smallest absolute Gasteiger partial charge is 0.173 e. The van der Waals surface area contributed by atoms with E-state index in [0.29, 0.717) is 6.61 Å². The van der Waals surface area contributed by atoms with Crippen molar-refractivity contribution < 1.29 is 14.6 Å². The zero-order valence-electron chi connectivity index (χ0n) is 13.7. The van der Waals surface area contributed by atoms with Gasteiger partial charge in [0.1, 0.15) is 18.1 Å². The van der Waals surface area contributed by atoms with Crippen LogP contribution in [0.25, 0.3) is 5.69 Å². The molecule has 3 aromatic rings. The van der Waals surface area contributed by atoms with Gasteiger partial charge in [0.05, 0.1) is 18.5 Å². The number of para-hydroxylation sites is 1. The maximum absolute atomic E-state index is 10.7. The monoisotopic (exact) mass is 354 g/mol. The minimum absolute atomic E-state index is 0.116. The van der Waals surface area contributed by atoms with Crippen LogP contribution in [0.4, 0.5) is 0 Å². The van der Waals surface area contributed by atoms with Gasteiger partial charge in [-0.15, -0.1) is 0 Å². The fourth-order valence-electron chi connectivity index (χ4n) is 2.87. The highest BCUT2D eigenvalue weighted by molar-refractivity contribution is 7.99. The molecule has 0 saturated carbocycles. The molecule has 0 spiro atoms. The van der Waals surface area contributed by atoms with Gasteiger partial charge < -0.3 is 14.6 Å². The van der Waals surface area contributed by atoms with Gasteiger partial charge in [0.25, 0.3) is 0 Å². The molecular formula is C19H18N2O3S. The number of nitrogens with zero attached hydrogens (tertiary/aromatic N) is 2. The van der Waals surface area contributed by atoms with Gasteiger partial charge in [-0.05, 0) is 30.3 Å². The van der Waals surface area contributed by atoms with Crippen molar-refractivity contribution in [3.8, 4) is 17.2 Å². The second-order valence-electron chi connectivity index (χ2n) is 5.73. The molecule has 0 amide bonds. The first-order chi connectivity index (χ1) is 12.3. The van der Waals surface area contributed by atoms with Crippen molar-refractivity contribution >= 4 is 11.8 Å². The molecule has 1 aromatic heterocycles. The van der Waals surface area contributed by atoms with Crippen molar-refractivity contribution in [2.45, 2.75) is 16.5 Å². The first kappa shape index (κ1) is 16.1. The van der Waals surface area contributed by atoms with Crippen LogP contribution in [0.5, 0.6) is 11.5 Å². The molecule has 0 unspecified atom stereocenters. The third-order valence-corrected chi connectivity index (χ3v) is 5.42. The molecule has 25 heavy (non-hydrogen) atoms. The average molecular weight is 354 g/mol. The minimum Gasteiger partial charge on any atom is -0.497 e. The van der Waals surface area contributed by atoms with Gasteiger partial charge in [0.15, 0.2) is 5.16 Å². The molecule has 1 N–H and O–H groups in total. The molecule has 1 aliphatic rings. The van der Waals surface area contributed by atoms with Gasteiger partial charge in [-0.25, -0.2) is 4.98 Å². The Kier molecular flexibility index (Phi) is 4.38. The number of hydrogen-bond donors (Lipinski definition) is 1. The Bertz CT molecular complexity index is 863. The summed E-state index contributed by atoms with van der Waals surface area (Å²) >= 11 is 1.52. The molecule has 0 saturated heterocycles. The van der Waals surface area contributed by atoms with E-state index in [9.17, 15) is 5.11 Å². The second-order valence-corrected chi connectivity index (χ2v) is 6.93. The number of rotatable bonds is 4. The summed E-state index contributed by atoms with van der Waals surface area (Å²) in [6, 6.07) is 15.4. The normalized spacial score (nSPS) is 19.1. The Balaban J connectivity index is 1.57. The van der Waals surface area contributed by atoms with Crippen molar-refractivity contribution in [3.63, 3.8) is 0 Å². The number of fused-ring (bicyclic) bond motifs is 1. The number of ether oxygens (including phenoxy) is 2. The summed E-state index contributed by atoms with van der Waals surface area (Å²) in [6.45, 7) is 0.443. The molecule has 2 heterocycles. The number of aromatic nitrogens is 2. The lowest BCUT2D eigenvalue weighted by molar-refractivity contribution is 0.122. The van der Waals surface area contributed by atoms with Crippen LogP contribution in [0.3, 0.4) is 0 Å². The SMILES string of the molecule is COc1ccc(-n2ccnc2S[C@@H]2COc3ccccc3[C@H]2O)cc1. The number of aliphatic hydroxyl groups excluding tert-OH is 1. The second kappa shape index (κ2) is 6.82. The Morgan fingerprint density at radius 2 is 2.00 bits per heavy atom. The molecule has 0 fully saturated rings. The Hall–Kier alpha value is -2.44. The van der Waals surface area contributed by atoms with E-state index >= 15 is 0 Å². The Labute approximate surface area is 150 Å². The molecule has 5 nitrogen and oxygen atoms in total. The summed E-state index contributed by atoms with van der Waals surface area (Å²) in [5.74, 6) is 1.57. The lowest BCUT2D eigenvalue weighted by Gasteiger charge is -2.29. The molecule has 2 aromatic carbocycles. The summed E-state index contributed by atoms with van der Waals surface area (Å²) in [7, 11) is 1.65. The van der Waals surface area contributed by atoms with Crippen LogP contribution < -0.4 is 9.47 Å². The predicted molar refractivity (Wildman–Crippen MR) is 96.7 cm³/mol. The van der Waals surface area contributed by atoms with Crippen LogP contribution in [-0.4, -0.2) is 33.6 Å². The molecule has 0 radical (unpaired) electrons. The summed E-state index contributed by atoms with van der Waals surface area (Å²) < 4.78 is 13.0. The van der Waals surface area contributed by atoms with Crippen LogP contribution in [0, 0.1) is 0 Å². The van der Waals surface area contributed by atoms with Crippen molar-refractivity contribution in [2.24, 2.45) is 0 Å². The maximum atomic E-state index is 10.7. The summed E-state index contributed by atoms with van der Waals surface area (Å²) in [5.41, 5.74) is 1.82. The van der Waals surface area contributed by atoms with Crippen molar-refractivity contribution in [2.75, 3.05) is 13.7 Å². The Morgan fingerprint density at radius 1 is 1.20 bits per heavy atom. The molecular weight excluding hydrogens is 336 g/mol. The summed E-state index contributed by atoms with van der Waals surface area (Å²) in [4.78, 5) is 4.45. The molecule has 1 aliphatic heterocycles. The molecule has 0 bridgehead atoms. The van der Waals surface area contributed by atoms with E-state index in [1.807, 2.05) is 59.3 Å². The minimum atomic E-state index is -0.587. The van der Waals surface area contributed by atoms with E-state index < -0.39 is 6.10 Å². The first-order valence-electron chi connectivity index (χ1n) is 8.00. The van der Waals surface area contributed by atoms with Gasteiger partial charge in [0.2, 0.25) is 0 Å². The van der Waals surface area contributed by atoms with E-state index in [1.165, 1.54) is 11.8 Å². The molecule has 0 aliphatic carbocycles. The predicted octanol–water partition coefficient (Wildman–Crippen LogP) is 3.47. The number of aliphatic hydroxyl groups is 1. The molecule has 6 heteroatoms.